The predicted molar refractivity (Wildman–Crippen MR) is 185 cm³/mol. The molecule has 0 unspecified atom stereocenters. The first-order valence-corrected chi connectivity index (χ1v) is 16.2. The maximum Gasteiger partial charge on any atom is 0.388 e. The van der Waals surface area contributed by atoms with Crippen LogP contribution in [-0.2, 0) is 17.0 Å². The molecule has 8 rings (SSSR count). The third-order valence-corrected chi connectivity index (χ3v) is 9.46. The van der Waals surface area contributed by atoms with Gasteiger partial charge < -0.3 is 9.47 Å². The normalized spacial score (nSPS) is 14.9. The molecule has 232 valence electrons. The molecule has 1 aliphatic rings. The van der Waals surface area contributed by atoms with Gasteiger partial charge in [0.1, 0.15) is 0 Å². The van der Waals surface area contributed by atoms with Crippen LogP contribution in [-0.4, -0.2) is 4.57 Å². The van der Waals surface area contributed by atoms with Crippen molar-refractivity contribution in [1.29, 1.82) is 0 Å². The standard InChI is InChI=1S/C38H22Br2F4N2O/c39-25-10-14-27(15-11-25)45(28-16-12-26(40)13-17-28)29-19-24(23-9-18-33-34(21-23)38(43,44)47-37(33,41)42)20-30(22-29)46-35-7-3-1-5-31(35)32-6-2-4-8-36(32)46/h1-22H. The van der Waals surface area contributed by atoms with Crippen molar-refractivity contribution in [3.8, 4) is 16.8 Å². The van der Waals surface area contributed by atoms with Gasteiger partial charge in [0.05, 0.1) is 22.2 Å². The highest BCUT2D eigenvalue weighted by Crippen LogP contribution is 2.52. The largest absolute Gasteiger partial charge is 0.388 e. The molecule has 0 N–H and O–H groups in total. The third-order valence-electron chi connectivity index (χ3n) is 8.41. The zero-order chi connectivity index (χ0) is 32.5. The molecule has 1 aliphatic heterocycles. The molecule has 0 saturated heterocycles. The quantitative estimate of drug-likeness (QED) is 0.163. The van der Waals surface area contributed by atoms with Crippen LogP contribution in [0.2, 0.25) is 0 Å². The first-order chi connectivity index (χ1) is 22.6. The summed E-state index contributed by atoms with van der Waals surface area (Å²) in [5.74, 6) is 0. The van der Waals surface area contributed by atoms with Gasteiger partial charge in [-0.05, 0) is 102 Å². The summed E-state index contributed by atoms with van der Waals surface area (Å²) in [4.78, 5) is 2.07. The lowest BCUT2D eigenvalue weighted by Crippen LogP contribution is -2.17. The van der Waals surface area contributed by atoms with Crippen molar-refractivity contribution >= 4 is 70.7 Å². The van der Waals surface area contributed by atoms with E-state index in [-0.39, 0.29) is 0 Å². The monoisotopic (exact) mass is 756 g/mol. The van der Waals surface area contributed by atoms with Crippen LogP contribution in [0.5, 0.6) is 0 Å². The van der Waals surface area contributed by atoms with Crippen molar-refractivity contribution in [1.82, 2.24) is 4.57 Å². The fraction of sp³-hybridized carbons (Fsp3) is 0.0526. The number of fused-ring (bicyclic) bond motifs is 4. The van der Waals surface area contributed by atoms with Gasteiger partial charge in [-0.3, -0.25) is 0 Å². The van der Waals surface area contributed by atoms with Crippen LogP contribution >= 0.6 is 31.9 Å². The van der Waals surface area contributed by atoms with Gasteiger partial charge in [0, 0.05) is 42.5 Å². The number of hydrogen-bond donors (Lipinski definition) is 0. The van der Waals surface area contributed by atoms with E-state index in [0.29, 0.717) is 11.1 Å². The van der Waals surface area contributed by atoms with Gasteiger partial charge in [-0.1, -0.05) is 74.3 Å². The number of aromatic nitrogens is 1. The zero-order valence-electron chi connectivity index (χ0n) is 24.3. The molecule has 3 nitrogen and oxygen atoms in total. The number of anilines is 3. The van der Waals surface area contributed by atoms with Crippen molar-refractivity contribution in [3.63, 3.8) is 0 Å². The van der Waals surface area contributed by atoms with Crippen LogP contribution in [0.1, 0.15) is 11.1 Å². The lowest BCUT2D eigenvalue weighted by atomic mass is 9.98. The minimum absolute atomic E-state index is 0.347. The predicted octanol–water partition coefficient (Wildman–Crippen LogP) is 12.6. The van der Waals surface area contributed by atoms with E-state index in [1.54, 1.807) is 0 Å². The maximum atomic E-state index is 14.8. The van der Waals surface area contributed by atoms with Gasteiger partial charge in [-0.2, -0.15) is 17.6 Å². The topological polar surface area (TPSA) is 17.4 Å². The highest BCUT2D eigenvalue weighted by atomic mass is 79.9. The lowest BCUT2D eigenvalue weighted by Gasteiger charge is -2.27. The Bertz CT molecular complexity index is 2220. The average Bonchev–Trinajstić information content (AvgIpc) is 3.49. The molecule has 47 heavy (non-hydrogen) atoms. The summed E-state index contributed by atoms with van der Waals surface area (Å²) in [6.07, 6.45) is -8.23. The number of alkyl halides is 4. The van der Waals surface area contributed by atoms with Crippen LogP contribution in [0.15, 0.2) is 142 Å². The zero-order valence-corrected chi connectivity index (χ0v) is 27.4. The number of para-hydroxylation sites is 2. The van der Waals surface area contributed by atoms with Crippen LogP contribution in [0.4, 0.5) is 34.6 Å². The second-order valence-corrected chi connectivity index (χ2v) is 13.1. The molecule has 2 heterocycles. The highest BCUT2D eigenvalue weighted by Gasteiger charge is 2.57. The van der Waals surface area contributed by atoms with E-state index < -0.39 is 23.3 Å². The minimum atomic E-state index is -4.14. The Labute approximate surface area is 283 Å². The molecule has 0 radical (unpaired) electrons. The molecule has 6 aromatic carbocycles. The van der Waals surface area contributed by atoms with E-state index in [0.717, 1.165) is 65.6 Å². The third kappa shape index (κ3) is 5.13. The molecular formula is C38H22Br2F4N2O. The second-order valence-electron chi connectivity index (χ2n) is 11.3. The molecule has 0 spiro atoms. The second kappa shape index (κ2) is 11.1. The number of ether oxygens (including phenoxy) is 1. The van der Waals surface area contributed by atoms with E-state index in [1.165, 1.54) is 6.07 Å². The molecule has 0 amide bonds. The minimum Gasteiger partial charge on any atom is -0.310 e. The van der Waals surface area contributed by atoms with Crippen molar-refractivity contribution in [2.75, 3.05) is 4.90 Å². The maximum absolute atomic E-state index is 14.8. The Kier molecular flexibility index (Phi) is 7.05. The number of benzene rings is 6. The van der Waals surface area contributed by atoms with Crippen molar-refractivity contribution in [3.05, 3.63) is 154 Å². The summed E-state index contributed by atoms with van der Waals surface area (Å²) in [6, 6.07) is 41.3. The molecule has 0 aliphatic carbocycles. The van der Waals surface area contributed by atoms with Gasteiger partial charge in [0.15, 0.2) is 0 Å². The molecule has 0 saturated carbocycles. The van der Waals surface area contributed by atoms with E-state index >= 15 is 0 Å². The van der Waals surface area contributed by atoms with Crippen LogP contribution in [0.3, 0.4) is 0 Å². The summed E-state index contributed by atoms with van der Waals surface area (Å²) in [5.41, 5.74) is 4.36. The Morgan fingerprint density at radius 1 is 0.511 bits per heavy atom. The number of nitrogens with zero attached hydrogens (tertiary/aromatic N) is 2. The Morgan fingerprint density at radius 3 is 1.62 bits per heavy atom. The van der Waals surface area contributed by atoms with Crippen molar-refractivity contribution in [2.45, 2.75) is 12.2 Å². The summed E-state index contributed by atoms with van der Waals surface area (Å²) in [7, 11) is 0. The Morgan fingerprint density at radius 2 is 1.04 bits per heavy atom. The number of hydrogen-bond acceptors (Lipinski definition) is 2. The molecule has 0 atom stereocenters. The van der Waals surface area contributed by atoms with Gasteiger partial charge in [0.25, 0.3) is 0 Å². The highest BCUT2D eigenvalue weighted by molar-refractivity contribution is 9.10. The van der Waals surface area contributed by atoms with Gasteiger partial charge in [-0.25, -0.2) is 4.74 Å². The van der Waals surface area contributed by atoms with Gasteiger partial charge >= 0.3 is 12.2 Å². The van der Waals surface area contributed by atoms with E-state index in [4.69, 9.17) is 0 Å². The lowest BCUT2D eigenvalue weighted by molar-refractivity contribution is -0.369. The smallest absolute Gasteiger partial charge is 0.310 e. The Balaban J connectivity index is 1.43. The van der Waals surface area contributed by atoms with Gasteiger partial charge in [0.2, 0.25) is 0 Å². The van der Waals surface area contributed by atoms with Crippen LogP contribution in [0.25, 0.3) is 38.6 Å². The van der Waals surface area contributed by atoms with Gasteiger partial charge in [-0.15, -0.1) is 0 Å². The van der Waals surface area contributed by atoms with Crippen molar-refractivity contribution in [2.24, 2.45) is 0 Å². The first-order valence-electron chi connectivity index (χ1n) is 14.7. The fourth-order valence-electron chi connectivity index (χ4n) is 6.34. The fourth-order valence-corrected chi connectivity index (χ4v) is 6.87. The molecule has 9 heteroatoms. The van der Waals surface area contributed by atoms with E-state index in [1.807, 2.05) is 103 Å². The summed E-state index contributed by atoms with van der Waals surface area (Å²) in [6.45, 7) is 0. The molecule has 7 aromatic rings. The van der Waals surface area contributed by atoms with E-state index in [9.17, 15) is 17.6 Å². The van der Waals surface area contributed by atoms with Crippen LogP contribution in [0, 0.1) is 0 Å². The average molecular weight is 758 g/mol. The SMILES string of the molecule is FC1(F)OC(F)(F)c2cc(-c3cc(N(c4ccc(Br)cc4)c4ccc(Br)cc4)cc(-n4c5ccccc5c5ccccc54)c3)ccc21. The first kappa shape index (κ1) is 29.9. The molecule has 1 aromatic heterocycles. The molecule has 0 fully saturated rings. The molecule has 0 bridgehead atoms. The van der Waals surface area contributed by atoms with Crippen LogP contribution < -0.4 is 4.90 Å². The summed E-state index contributed by atoms with van der Waals surface area (Å²) >= 11 is 7.06. The molecular weight excluding hydrogens is 736 g/mol. The van der Waals surface area contributed by atoms with Crippen molar-refractivity contribution < 1.29 is 22.3 Å². The number of halogens is 6. The van der Waals surface area contributed by atoms with E-state index in [2.05, 4.69) is 58.2 Å². The Hall–Kier alpha value is -4.44. The number of rotatable bonds is 5. The summed E-state index contributed by atoms with van der Waals surface area (Å²) in [5, 5.41) is 2.12. The summed E-state index contributed by atoms with van der Waals surface area (Å²) < 4.78 is 66.2.